The van der Waals surface area contributed by atoms with E-state index in [4.69, 9.17) is 16.7 Å². The van der Waals surface area contributed by atoms with Crippen molar-refractivity contribution >= 4 is 39.2 Å². The predicted octanol–water partition coefficient (Wildman–Crippen LogP) is 3.38. The molecule has 1 atom stereocenters. The van der Waals surface area contributed by atoms with Crippen LogP contribution in [0.4, 0.5) is 5.69 Å². The fraction of sp³-hybridized carbons (Fsp3) is 0.300. The number of benzene rings is 1. The Balaban J connectivity index is 2.67. The Bertz CT molecular complexity index is 350. The first-order valence-corrected chi connectivity index (χ1v) is 5.59. The van der Waals surface area contributed by atoms with E-state index in [1.807, 2.05) is 13.0 Å². The van der Waals surface area contributed by atoms with E-state index in [1.165, 1.54) is 0 Å². The normalized spacial score (nSPS) is 12.2. The van der Waals surface area contributed by atoms with Gasteiger partial charge in [0.2, 0.25) is 0 Å². The predicted molar refractivity (Wildman–Crippen MR) is 64.5 cm³/mol. The summed E-state index contributed by atoms with van der Waals surface area (Å²) in [6.07, 6.45) is 0.0735. The molecule has 1 aromatic carbocycles. The Labute approximate surface area is 102 Å². The first kappa shape index (κ1) is 12.3. The van der Waals surface area contributed by atoms with Crippen molar-refractivity contribution in [2.75, 3.05) is 5.32 Å². The second-order valence-corrected chi connectivity index (χ2v) is 4.65. The first-order valence-electron chi connectivity index (χ1n) is 4.42. The molecule has 0 radical (unpaired) electrons. The van der Waals surface area contributed by atoms with Gasteiger partial charge in [-0.25, -0.2) is 0 Å². The van der Waals surface area contributed by atoms with E-state index in [0.717, 1.165) is 10.2 Å². The van der Waals surface area contributed by atoms with Crippen LogP contribution in [-0.2, 0) is 4.79 Å². The molecule has 0 saturated carbocycles. The van der Waals surface area contributed by atoms with Crippen molar-refractivity contribution in [1.29, 1.82) is 0 Å². The molecule has 1 rings (SSSR count). The SMILES string of the molecule is CC(CC(=O)O)Nc1cc(Cl)cc(Br)c1. The number of hydrogen-bond acceptors (Lipinski definition) is 2. The van der Waals surface area contributed by atoms with Crippen molar-refractivity contribution in [2.24, 2.45) is 0 Å². The average Bonchev–Trinajstić information content (AvgIpc) is 1.98. The summed E-state index contributed by atoms with van der Waals surface area (Å²) in [5, 5.41) is 12.3. The standard InChI is InChI=1S/C10H11BrClNO2/c1-6(2-10(14)15)13-9-4-7(11)3-8(12)5-9/h3-6,13H,2H2,1H3,(H,14,15). The molecule has 0 aromatic heterocycles. The molecule has 0 aliphatic heterocycles. The molecule has 0 saturated heterocycles. The molecule has 0 spiro atoms. The summed E-state index contributed by atoms with van der Waals surface area (Å²) in [4.78, 5) is 10.5. The number of carboxylic acid groups (broad SMARTS) is 1. The summed E-state index contributed by atoms with van der Waals surface area (Å²) >= 11 is 9.17. The summed E-state index contributed by atoms with van der Waals surface area (Å²) < 4.78 is 0.861. The van der Waals surface area contributed by atoms with E-state index in [-0.39, 0.29) is 12.5 Å². The molecule has 82 valence electrons. The third-order valence-electron chi connectivity index (χ3n) is 1.76. The molecule has 0 aliphatic carbocycles. The number of carbonyl (C=O) groups is 1. The highest BCUT2D eigenvalue weighted by Gasteiger charge is 2.07. The smallest absolute Gasteiger partial charge is 0.305 e. The lowest BCUT2D eigenvalue weighted by molar-refractivity contribution is -0.137. The van der Waals surface area contributed by atoms with Gasteiger partial charge in [-0.3, -0.25) is 4.79 Å². The lowest BCUT2D eigenvalue weighted by Crippen LogP contribution is -2.19. The Hall–Kier alpha value is -0.740. The molecule has 0 amide bonds. The highest BCUT2D eigenvalue weighted by molar-refractivity contribution is 9.10. The lowest BCUT2D eigenvalue weighted by Gasteiger charge is -2.13. The maximum absolute atomic E-state index is 10.5. The van der Waals surface area contributed by atoms with Crippen LogP contribution in [0.2, 0.25) is 5.02 Å². The minimum atomic E-state index is -0.823. The van der Waals surface area contributed by atoms with E-state index in [9.17, 15) is 4.79 Å². The molecule has 0 heterocycles. The van der Waals surface area contributed by atoms with Gasteiger partial charge in [0.15, 0.2) is 0 Å². The van der Waals surface area contributed by atoms with Gasteiger partial charge in [-0.2, -0.15) is 0 Å². The minimum absolute atomic E-state index is 0.0735. The van der Waals surface area contributed by atoms with Crippen LogP contribution >= 0.6 is 27.5 Å². The molecule has 3 nitrogen and oxygen atoms in total. The zero-order valence-corrected chi connectivity index (χ0v) is 10.5. The molecule has 5 heteroatoms. The molecule has 1 unspecified atom stereocenters. The Morgan fingerprint density at radius 1 is 1.60 bits per heavy atom. The zero-order valence-electron chi connectivity index (χ0n) is 8.13. The highest BCUT2D eigenvalue weighted by Crippen LogP contribution is 2.23. The van der Waals surface area contributed by atoms with Crippen LogP contribution in [0.1, 0.15) is 13.3 Å². The molecular formula is C10H11BrClNO2. The topological polar surface area (TPSA) is 49.3 Å². The van der Waals surface area contributed by atoms with E-state index in [2.05, 4.69) is 21.2 Å². The van der Waals surface area contributed by atoms with Gasteiger partial charge in [0.1, 0.15) is 0 Å². The fourth-order valence-corrected chi connectivity index (χ4v) is 2.09. The number of carboxylic acids is 1. The lowest BCUT2D eigenvalue weighted by atomic mass is 10.2. The molecule has 2 N–H and O–H groups in total. The number of aliphatic carboxylic acids is 1. The monoisotopic (exact) mass is 291 g/mol. The molecule has 0 fully saturated rings. The quantitative estimate of drug-likeness (QED) is 0.894. The Morgan fingerprint density at radius 3 is 2.80 bits per heavy atom. The number of halogens is 2. The van der Waals surface area contributed by atoms with E-state index >= 15 is 0 Å². The van der Waals surface area contributed by atoms with Gasteiger partial charge in [0, 0.05) is 21.2 Å². The second-order valence-electron chi connectivity index (χ2n) is 3.30. The summed E-state index contributed by atoms with van der Waals surface area (Å²) in [6, 6.07) is 5.25. The van der Waals surface area contributed by atoms with Crippen LogP contribution < -0.4 is 5.32 Å². The van der Waals surface area contributed by atoms with E-state index in [1.54, 1.807) is 12.1 Å². The van der Waals surface area contributed by atoms with Crippen LogP contribution in [-0.4, -0.2) is 17.1 Å². The second kappa shape index (κ2) is 5.37. The minimum Gasteiger partial charge on any atom is -0.481 e. The summed E-state index contributed by atoms with van der Waals surface area (Å²) in [5.74, 6) is -0.823. The molecule has 0 aliphatic rings. The number of hydrogen-bond donors (Lipinski definition) is 2. The van der Waals surface area contributed by atoms with Crippen molar-refractivity contribution in [1.82, 2.24) is 0 Å². The maximum atomic E-state index is 10.5. The summed E-state index contributed by atoms with van der Waals surface area (Å²) in [6.45, 7) is 1.81. The van der Waals surface area contributed by atoms with Crippen LogP contribution in [0.25, 0.3) is 0 Å². The van der Waals surface area contributed by atoms with E-state index in [0.29, 0.717) is 5.02 Å². The van der Waals surface area contributed by atoms with Gasteiger partial charge in [-0.15, -0.1) is 0 Å². The van der Waals surface area contributed by atoms with Gasteiger partial charge in [-0.05, 0) is 25.1 Å². The van der Waals surface area contributed by atoms with Crippen molar-refractivity contribution in [3.8, 4) is 0 Å². The van der Waals surface area contributed by atoms with Gasteiger partial charge in [0.05, 0.1) is 6.42 Å². The molecular weight excluding hydrogens is 281 g/mol. The number of anilines is 1. The Morgan fingerprint density at radius 2 is 2.27 bits per heavy atom. The third-order valence-corrected chi connectivity index (χ3v) is 2.43. The van der Waals surface area contributed by atoms with E-state index < -0.39 is 5.97 Å². The fourth-order valence-electron chi connectivity index (χ4n) is 1.23. The van der Waals surface area contributed by atoms with Crippen LogP contribution in [0.5, 0.6) is 0 Å². The summed E-state index contributed by atoms with van der Waals surface area (Å²) in [5.41, 5.74) is 0.808. The van der Waals surface area contributed by atoms with Gasteiger partial charge in [-0.1, -0.05) is 27.5 Å². The maximum Gasteiger partial charge on any atom is 0.305 e. The van der Waals surface area contributed by atoms with Gasteiger partial charge in [0.25, 0.3) is 0 Å². The average molecular weight is 293 g/mol. The van der Waals surface area contributed by atoms with Crippen molar-refractivity contribution in [3.05, 3.63) is 27.7 Å². The zero-order chi connectivity index (χ0) is 11.4. The van der Waals surface area contributed by atoms with Gasteiger partial charge < -0.3 is 10.4 Å². The van der Waals surface area contributed by atoms with Crippen LogP contribution in [0, 0.1) is 0 Å². The highest BCUT2D eigenvalue weighted by atomic mass is 79.9. The van der Waals surface area contributed by atoms with Crippen LogP contribution in [0.15, 0.2) is 22.7 Å². The molecule has 0 bridgehead atoms. The largest absolute Gasteiger partial charge is 0.481 e. The van der Waals surface area contributed by atoms with Crippen molar-refractivity contribution in [2.45, 2.75) is 19.4 Å². The number of nitrogens with one attached hydrogen (secondary N) is 1. The third kappa shape index (κ3) is 4.53. The summed E-state index contributed by atoms with van der Waals surface area (Å²) in [7, 11) is 0. The van der Waals surface area contributed by atoms with Crippen molar-refractivity contribution in [3.63, 3.8) is 0 Å². The van der Waals surface area contributed by atoms with Crippen LogP contribution in [0.3, 0.4) is 0 Å². The molecule has 15 heavy (non-hydrogen) atoms. The van der Waals surface area contributed by atoms with Crippen molar-refractivity contribution < 1.29 is 9.90 Å². The Kier molecular flexibility index (Phi) is 4.42. The first-order chi connectivity index (χ1) is 6.97. The van der Waals surface area contributed by atoms with Gasteiger partial charge >= 0.3 is 5.97 Å². The molecule has 1 aromatic rings. The number of rotatable bonds is 4.